The number of aromatic nitrogens is 2. The number of methoxy groups -OCH3 is 1. The van der Waals surface area contributed by atoms with Gasteiger partial charge in [-0.2, -0.15) is 0 Å². The van der Waals surface area contributed by atoms with Crippen molar-refractivity contribution in [2.75, 3.05) is 26.8 Å². The van der Waals surface area contributed by atoms with Crippen LogP contribution in [0.1, 0.15) is 48.9 Å². The van der Waals surface area contributed by atoms with Gasteiger partial charge in [0.15, 0.2) is 0 Å². The minimum atomic E-state index is -0.566. The van der Waals surface area contributed by atoms with Crippen molar-refractivity contribution < 1.29 is 19.1 Å². The van der Waals surface area contributed by atoms with E-state index in [1.54, 1.807) is 12.0 Å². The number of rotatable bonds is 7. The molecular weight excluding hydrogens is 372 g/mol. The lowest BCUT2D eigenvalue weighted by atomic mass is 9.97. The topological polar surface area (TPSA) is 111 Å². The van der Waals surface area contributed by atoms with E-state index >= 15 is 0 Å². The molecule has 2 amide bonds. The van der Waals surface area contributed by atoms with Gasteiger partial charge in [-0.15, -0.1) is 0 Å². The summed E-state index contributed by atoms with van der Waals surface area (Å²) in [5.41, 5.74) is 7.14. The van der Waals surface area contributed by atoms with Crippen LogP contribution in [0.4, 0.5) is 0 Å². The highest BCUT2D eigenvalue weighted by Gasteiger charge is 2.28. The third-order valence-corrected chi connectivity index (χ3v) is 5.03. The van der Waals surface area contributed by atoms with Gasteiger partial charge in [-0.1, -0.05) is 0 Å². The first kappa shape index (κ1) is 20.9. The second-order valence-electron chi connectivity index (χ2n) is 7.48. The number of likely N-dealkylation sites (tertiary alicyclic amines) is 1. The first-order chi connectivity index (χ1) is 13.9. The Morgan fingerprint density at radius 3 is 2.66 bits per heavy atom. The Hall–Kier alpha value is -2.87. The molecule has 1 aliphatic heterocycles. The molecule has 29 heavy (non-hydrogen) atoms. The first-order valence-corrected chi connectivity index (χ1v) is 9.82. The Kier molecular flexibility index (Phi) is 6.53. The molecule has 0 spiro atoms. The van der Waals surface area contributed by atoms with Crippen molar-refractivity contribution in [3.05, 3.63) is 35.8 Å². The lowest BCUT2D eigenvalue weighted by Gasteiger charge is -2.32. The third kappa shape index (κ3) is 4.95. The zero-order valence-electron chi connectivity index (χ0n) is 17.1. The molecule has 3 rings (SSSR count). The Bertz CT molecular complexity index is 860. The number of amides is 2. The van der Waals surface area contributed by atoms with Crippen molar-refractivity contribution in [1.82, 2.24) is 14.9 Å². The van der Waals surface area contributed by atoms with Crippen LogP contribution in [0.15, 0.2) is 24.3 Å². The summed E-state index contributed by atoms with van der Waals surface area (Å²) in [5, 5.41) is 0. The van der Waals surface area contributed by atoms with E-state index < -0.39 is 5.91 Å². The normalized spacial score (nSPS) is 16.8. The molecular formula is C21H28N4O4. The highest BCUT2D eigenvalue weighted by Crippen LogP contribution is 2.30. The molecule has 0 aliphatic carbocycles. The van der Waals surface area contributed by atoms with Gasteiger partial charge in [0.2, 0.25) is 5.91 Å². The number of nitrogens with two attached hydrogens (primary N) is 1. The predicted molar refractivity (Wildman–Crippen MR) is 109 cm³/mol. The molecule has 2 heterocycles. The maximum absolute atomic E-state index is 12.4. The number of nitrogens with one attached hydrogen (secondary N) is 1. The number of ether oxygens (including phenoxy) is 2. The van der Waals surface area contributed by atoms with Gasteiger partial charge in [0, 0.05) is 24.6 Å². The fourth-order valence-electron chi connectivity index (χ4n) is 3.48. The van der Waals surface area contributed by atoms with Crippen molar-refractivity contribution in [3.8, 4) is 17.0 Å². The molecule has 156 valence electrons. The lowest BCUT2D eigenvalue weighted by Crippen LogP contribution is -2.41. The van der Waals surface area contributed by atoms with E-state index in [0.29, 0.717) is 24.6 Å². The van der Waals surface area contributed by atoms with Crippen molar-refractivity contribution in [3.63, 3.8) is 0 Å². The first-order valence-electron chi connectivity index (χ1n) is 9.82. The molecule has 1 saturated heterocycles. The molecule has 0 radical (unpaired) electrons. The summed E-state index contributed by atoms with van der Waals surface area (Å²) in [6.45, 7) is 5.12. The number of benzene rings is 1. The Labute approximate surface area is 170 Å². The fourth-order valence-corrected chi connectivity index (χ4v) is 3.48. The summed E-state index contributed by atoms with van der Waals surface area (Å²) in [6.07, 6.45) is 1.75. The second kappa shape index (κ2) is 9.09. The van der Waals surface area contributed by atoms with Gasteiger partial charge >= 0.3 is 0 Å². The Balaban J connectivity index is 1.81. The maximum Gasteiger partial charge on any atom is 0.267 e. The predicted octanol–water partition coefficient (Wildman–Crippen LogP) is 2.32. The number of H-pyrrole nitrogens is 1. The molecule has 2 aromatic rings. The SMILES string of the molecule is COc1ccc(-c2nc([C@@H]3CCCN(C(=O)COC(C)C)C3)[nH]c2C(N)=O)cc1. The number of piperidine rings is 1. The van der Waals surface area contributed by atoms with Crippen LogP contribution in [-0.2, 0) is 9.53 Å². The maximum atomic E-state index is 12.4. The van der Waals surface area contributed by atoms with Crippen molar-refractivity contribution in [2.24, 2.45) is 5.73 Å². The van der Waals surface area contributed by atoms with E-state index in [0.717, 1.165) is 24.2 Å². The van der Waals surface area contributed by atoms with Crippen molar-refractivity contribution >= 4 is 11.8 Å². The number of carbonyl (C=O) groups is 2. The van der Waals surface area contributed by atoms with Crippen LogP contribution in [0.3, 0.4) is 0 Å². The molecule has 0 bridgehead atoms. The standard InChI is InChI=1S/C21H28N4O4/c1-13(2)29-12-17(26)25-10-4-5-15(11-25)21-23-18(19(24-21)20(22)27)14-6-8-16(28-3)9-7-14/h6-9,13,15H,4-5,10-12H2,1-3H3,(H2,22,27)(H,23,24)/t15-/m1/s1. The Morgan fingerprint density at radius 1 is 1.31 bits per heavy atom. The fraction of sp³-hybridized carbons (Fsp3) is 0.476. The number of carbonyl (C=O) groups excluding carboxylic acids is 2. The van der Waals surface area contributed by atoms with Crippen LogP contribution < -0.4 is 10.5 Å². The largest absolute Gasteiger partial charge is 0.497 e. The number of nitrogens with zero attached hydrogens (tertiary/aromatic N) is 2. The Morgan fingerprint density at radius 2 is 2.03 bits per heavy atom. The zero-order valence-corrected chi connectivity index (χ0v) is 17.1. The molecule has 1 aromatic carbocycles. The van der Waals surface area contributed by atoms with Gasteiger partial charge in [-0.3, -0.25) is 9.59 Å². The molecule has 1 aliphatic rings. The highest BCUT2D eigenvalue weighted by atomic mass is 16.5. The van der Waals surface area contributed by atoms with E-state index in [2.05, 4.69) is 9.97 Å². The van der Waals surface area contributed by atoms with Crippen molar-refractivity contribution in [1.29, 1.82) is 0 Å². The van der Waals surface area contributed by atoms with Gasteiger partial charge < -0.3 is 25.1 Å². The van der Waals surface area contributed by atoms with Crippen LogP contribution in [0, 0.1) is 0 Å². The summed E-state index contributed by atoms with van der Waals surface area (Å²) < 4.78 is 10.6. The van der Waals surface area contributed by atoms with Gasteiger partial charge in [-0.05, 0) is 51.0 Å². The summed E-state index contributed by atoms with van der Waals surface area (Å²) in [6, 6.07) is 7.30. The van der Waals surface area contributed by atoms with Crippen LogP contribution in [-0.4, -0.2) is 59.6 Å². The van der Waals surface area contributed by atoms with E-state index in [1.807, 2.05) is 38.1 Å². The number of hydrogen-bond acceptors (Lipinski definition) is 5. The molecule has 8 heteroatoms. The van der Waals surface area contributed by atoms with Crippen LogP contribution >= 0.6 is 0 Å². The molecule has 1 fully saturated rings. The molecule has 1 atom stereocenters. The van der Waals surface area contributed by atoms with E-state index in [1.165, 1.54) is 0 Å². The van der Waals surface area contributed by atoms with Gasteiger partial charge in [-0.25, -0.2) is 4.98 Å². The van der Waals surface area contributed by atoms with Gasteiger partial charge in [0.05, 0.1) is 13.2 Å². The summed E-state index contributed by atoms with van der Waals surface area (Å²) >= 11 is 0. The van der Waals surface area contributed by atoms with E-state index in [9.17, 15) is 9.59 Å². The smallest absolute Gasteiger partial charge is 0.267 e. The average molecular weight is 400 g/mol. The van der Waals surface area contributed by atoms with Gasteiger partial charge in [0.1, 0.15) is 29.6 Å². The molecule has 0 unspecified atom stereocenters. The van der Waals surface area contributed by atoms with Gasteiger partial charge in [0.25, 0.3) is 5.91 Å². The molecule has 8 nitrogen and oxygen atoms in total. The lowest BCUT2D eigenvalue weighted by molar-refractivity contribution is -0.138. The van der Waals surface area contributed by atoms with Crippen LogP contribution in [0.25, 0.3) is 11.3 Å². The second-order valence-corrected chi connectivity index (χ2v) is 7.48. The van der Waals surface area contributed by atoms with E-state index in [4.69, 9.17) is 15.2 Å². The summed E-state index contributed by atoms with van der Waals surface area (Å²) in [4.78, 5) is 34.0. The van der Waals surface area contributed by atoms with Crippen LogP contribution in [0.2, 0.25) is 0 Å². The average Bonchev–Trinajstić information content (AvgIpc) is 3.18. The third-order valence-electron chi connectivity index (χ3n) is 5.03. The number of aromatic amines is 1. The molecule has 3 N–H and O–H groups in total. The number of hydrogen-bond donors (Lipinski definition) is 2. The zero-order chi connectivity index (χ0) is 21.0. The quantitative estimate of drug-likeness (QED) is 0.741. The minimum Gasteiger partial charge on any atom is -0.497 e. The number of imidazole rings is 1. The summed E-state index contributed by atoms with van der Waals surface area (Å²) in [5.74, 6) is 0.808. The molecule has 0 saturated carbocycles. The highest BCUT2D eigenvalue weighted by molar-refractivity contribution is 5.97. The number of primary amides is 1. The van der Waals surface area contributed by atoms with E-state index in [-0.39, 0.29) is 30.2 Å². The molecule has 1 aromatic heterocycles. The van der Waals surface area contributed by atoms with Crippen LogP contribution in [0.5, 0.6) is 5.75 Å². The summed E-state index contributed by atoms with van der Waals surface area (Å²) in [7, 11) is 1.60. The minimum absolute atomic E-state index is 0.00907. The van der Waals surface area contributed by atoms with Crippen molar-refractivity contribution in [2.45, 2.75) is 38.7 Å². The monoisotopic (exact) mass is 400 g/mol.